The highest BCUT2D eigenvalue weighted by Gasteiger charge is 2.24. The van der Waals surface area contributed by atoms with Crippen molar-refractivity contribution in [3.05, 3.63) is 29.6 Å². The Balaban J connectivity index is 2.88. The number of sulfonamides is 1. The predicted octanol–water partition coefficient (Wildman–Crippen LogP) is 2.18. The van der Waals surface area contributed by atoms with E-state index in [4.69, 9.17) is 0 Å². The lowest BCUT2D eigenvalue weighted by Gasteiger charge is -2.23. The van der Waals surface area contributed by atoms with E-state index in [9.17, 15) is 26.4 Å². The summed E-state index contributed by atoms with van der Waals surface area (Å²) in [5.74, 6) is -5.01. The second-order valence-electron chi connectivity index (χ2n) is 4.98. The average molecular weight is 352 g/mol. The fourth-order valence-corrected chi connectivity index (χ4v) is 2.82. The zero-order valence-corrected chi connectivity index (χ0v) is 13.7. The highest BCUT2D eigenvalue weighted by Crippen LogP contribution is 2.25. The van der Waals surface area contributed by atoms with Crippen LogP contribution in [0.1, 0.15) is 26.2 Å². The zero-order chi connectivity index (χ0) is 17.6. The molecule has 1 amide bonds. The maximum Gasteiger partial charge on any atom is 0.232 e. The molecule has 1 N–H and O–H groups in total. The quantitative estimate of drug-likeness (QED) is 0.729. The number of halogens is 3. The zero-order valence-electron chi connectivity index (χ0n) is 12.9. The minimum absolute atomic E-state index is 0.0753. The minimum atomic E-state index is -3.93. The van der Waals surface area contributed by atoms with Crippen LogP contribution < -0.4 is 9.62 Å². The van der Waals surface area contributed by atoms with Crippen molar-refractivity contribution in [2.75, 3.05) is 23.7 Å². The van der Waals surface area contributed by atoms with Crippen LogP contribution in [0.25, 0.3) is 0 Å². The van der Waals surface area contributed by atoms with E-state index in [1.54, 1.807) is 0 Å². The number of carbonyl (C=O) groups excluding carboxylic acids is 1. The summed E-state index contributed by atoms with van der Waals surface area (Å²) in [5, 5.41) is 2.50. The van der Waals surface area contributed by atoms with E-state index in [-0.39, 0.29) is 19.0 Å². The van der Waals surface area contributed by atoms with Gasteiger partial charge in [0.2, 0.25) is 15.9 Å². The summed E-state index contributed by atoms with van der Waals surface area (Å²) in [6, 6.07) is 1.49. The maximum absolute atomic E-state index is 13.8. The van der Waals surface area contributed by atoms with Crippen molar-refractivity contribution in [1.82, 2.24) is 5.32 Å². The smallest absolute Gasteiger partial charge is 0.232 e. The molecule has 0 radical (unpaired) electrons. The number of nitrogens with zero attached hydrogens (tertiary/aromatic N) is 1. The molecule has 0 heterocycles. The van der Waals surface area contributed by atoms with Gasteiger partial charge in [-0.05, 0) is 18.6 Å². The normalized spacial score (nSPS) is 11.3. The molecule has 0 fully saturated rings. The standard InChI is InChI=1S/C14H19F3N2O3S/c1-3-4-5-12(20)18-8-9-19(23(2,21)22)11-7-6-10(15)13(16)14(11)17/h6-7H,3-5,8-9H2,1-2H3,(H,18,20). The molecule has 1 aromatic rings. The Kier molecular flexibility index (Phi) is 6.86. The van der Waals surface area contributed by atoms with Crippen molar-refractivity contribution >= 4 is 21.6 Å². The molecule has 0 unspecified atom stereocenters. The molecule has 1 aromatic carbocycles. The van der Waals surface area contributed by atoms with Gasteiger partial charge in [-0.1, -0.05) is 13.3 Å². The number of unbranched alkanes of at least 4 members (excludes halogenated alkanes) is 1. The molecule has 23 heavy (non-hydrogen) atoms. The van der Waals surface area contributed by atoms with Gasteiger partial charge in [0.1, 0.15) is 0 Å². The number of carbonyl (C=O) groups is 1. The van der Waals surface area contributed by atoms with Crippen LogP contribution in [-0.4, -0.2) is 33.7 Å². The lowest BCUT2D eigenvalue weighted by molar-refractivity contribution is -0.121. The number of benzene rings is 1. The van der Waals surface area contributed by atoms with Crippen molar-refractivity contribution in [3.63, 3.8) is 0 Å². The van der Waals surface area contributed by atoms with Crippen molar-refractivity contribution in [2.45, 2.75) is 26.2 Å². The van der Waals surface area contributed by atoms with Gasteiger partial charge in [-0.15, -0.1) is 0 Å². The van der Waals surface area contributed by atoms with Crippen molar-refractivity contribution in [3.8, 4) is 0 Å². The SMILES string of the molecule is CCCCC(=O)NCCN(c1ccc(F)c(F)c1F)S(C)(=O)=O. The third-order valence-corrected chi connectivity index (χ3v) is 4.26. The summed E-state index contributed by atoms with van der Waals surface area (Å²) in [5.41, 5.74) is -0.603. The van der Waals surface area contributed by atoms with Crippen LogP contribution in [0.5, 0.6) is 0 Å². The number of anilines is 1. The van der Waals surface area contributed by atoms with Crippen LogP contribution in [0.2, 0.25) is 0 Å². The van der Waals surface area contributed by atoms with E-state index in [0.717, 1.165) is 18.7 Å². The van der Waals surface area contributed by atoms with Gasteiger partial charge >= 0.3 is 0 Å². The third kappa shape index (κ3) is 5.42. The second kappa shape index (κ2) is 8.19. The third-order valence-electron chi connectivity index (χ3n) is 3.08. The minimum Gasteiger partial charge on any atom is -0.354 e. The number of rotatable bonds is 8. The van der Waals surface area contributed by atoms with Crippen LogP contribution in [0.15, 0.2) is 12.1 Å². The van der Waals surface area contributed by atoms with Crippen LogP contribution >= 0.6 is 0 Å². The fraction of sp³-hybridized carbons (Fsp3) is 0.500. The fourth-order valence-electron chi connectivity index (χ4n) is 1.90. The number of nitrogens with one attached hydrogen (secondary N) is 1. The lowest BCUT2D eigenvalue weighted by atomic mass is 10.2. The molecule has 0 bridgehead atoms. The Bertz CT molecular complexity index is 665. The molecule has 0 atom stereocenters. The Hall–Kier alpha value is -1.77. The van der Waals surface area contributed by atoms with E-state index in [0.29, 0.717) is 23.2 Å². The Morgan fingerprint density at radius 3 is 2.43 bits per heavy atom. The molecular formula is C14H19F3N2O3S. The molecule has 9 heteroatoms. The molecule has 1 rings (SSSR count). The molecule has 130 valence electrons. The average Bonchev–Trinajstić information content (AvgIpc) is 2.47. The van der Waals surface area contributed by atoms with Gasteiger partial charge < -0.3 is 5.32 Å². The molecule has 0 aliphatic carbocycles. The molecule has 0 saturated carbocycles. The molecule has 0 aromatic heterocycles. The molecule has 0 saturated heterocycles. The van der Waals surface area contributed by atoms with Gasteiger partial charge in [0, 0.05) is 13.0 Å². The summed E-state index contributed by atoms with van der Waals surface area (Å²) in [4.78, 5) is 11.5. The maximum atomic E-state index is 13.8. The van der Waals surface area contributed by atoms with Gasteiger partial charge in [0.05, 0.1) is 18.5 Å². The Morgan fingerprint density at radius 1 is 1.22 bits per heavy atom. The second-order valence-corrected chi connectivity index (χ2v) is 6.89. The number of amides is 1. The lowest BCUT2D eigenvalue weighted by Crippen LogP contribution is -2.38. The van der Waals surface area contributed by atoms with Gasteiger partial charge in [0.15, 0.2) is 17.5 Å². The number of hydrogen-bond donors (Lipinski definition) is 1. The first-order chi connectivity index (χ1) is 10.7. The van der Waals surface area contributed by atoms with Gasteiger partial charge in [0.25, 0.3) is 0 Å². The van der Waals surface area contributed by atoms with Crippen LogP contribution in [0, 0.1) is 17.5 Å². The first kappa shape index (κ1) is 19.3. The Labute approximate surface area is 133 Å². The van der Waals surface area contributed by atoms with Crippen LogP contribution in [0.3, 0.4) is 0 Å². The van der Waals surface area contributed by atoms with E-state index >= 15 is 0 Å². The highest BCUT2D eigenvalue weighted by molar-refractivity contribution is 7.92. The molecule has 0 spiro atoms. The summed E-state index contributed by atoms with van der Waals surface area (Å²) in [7, 11) is -3.93. The van der Waals surface area contributed by atoms with Crippen molar-refractivity contribution in [2.24, 2.45) is 0 Å². The summed E-state index contributed by atoms with van der Waals surface area (Å²) >= 11 is 0. The molecule has 0 aliphatic heterocycles. The largest absolute Gasteiger partial charge is 0.354 e. The van der Waals surface area contributed by atoms with Crippen LogP contribution in [-0.2, 0) is 14.8 Å². The first-order valence-electron chi connectivity index (χ1n) is 7.06. The van der Waals surface area contributed by atoms with Crippen LogP contribution in [0.4, 0.5) is 18.9 Å². The van der Waals surface area contributed by atoms with E-state index < -0.39 is 33.2 Å². The van der Waals surface area contributed by atoms with E-state index in [2.05, 4.69) is 5.32 Å². The van der Waals surface area contributed by atoms with Gasteiger partial charge in [-0.25, -0.2) is 21.6 Å². The number of hydrogen-bond acceptors (Lipinski definition) is 3. The first-order valence-corrected chi connectivity index (χ1v) is 8.91. The predicted molar refractivity (Wildman–Crippen MR) is 81.0 cm³/mol. The Morgan fingerprint density at radius 2 is 1.87 bits per heavy atom. The monoisotopic (exact) mass is 352 g/mol. The molecular weight excluding hydrogens is 333 g/mol. The summed E-state index contributed by atoms with van der Waals surface area (Å²) < 4.78 is 64.1. The van der Waals surface area contributed by atoms with Gasteiger partial charge in [-0.3, -0.25) is 9.10 Å². The van der Waals surface area contributed by atoms with E-state index in [1.807, 2.05) is 6.92 Å². The summed E-state index contributed by atoms with van der Waals surface area (Å²) in [6.45, 7) is 1.55. The topological polar surface area (TPSA) is 66.5 Å². The van der Waals surface area contributed by atoms with Crippen molar-refractivity contribution in [1.29, 1.82) is 0 Å². The van der Waals surface area contributed by atoms with Gasteiger partial charge in [-0.2, -0.15) is 0 Å². The van der Waals surface area contributed by atoms with Crippen molar-refractivity contribution < 1.29 is 26.4 Å². The highest BCUT2D eigenvalue weighted by atomic mass is 32.2. The molecule has 5 nitrogen and oxygen atoms in total. The molecule has 0 aliphatic rings. The summed E-state index contributed by atoms with van der Waals surface area (Å²) in [6.07, 6.45) is 2.64. The van der Waals surface area contributed by atoms with E-state index in [1.165, 1.54) is 0 Å².